The molecule has 23 heavy (non-hydrogen) atoms. The number of epoxide rings is 1. The van der Waals surface area contributed by atoms with Crippen LogP contribution in [0.25, 0.3) is 0 Å². The van der Waals surface area contributed by atoms with Gasteiger partial charge in [-0.25, -0.2) is 8.42 Å². The van der Waals surface area contributed by atoms with Crippen LogP contribution in [0.4, 0.5) is 11.4 Å². The van der Waals surface area contributed by atoms with Gasteiger partial charge in [0.1, 0.15) is 0 Å². The molecule has 0 amide bonds. The highest BCUT2D eigenvalue weighted by molar-refractivity contribution is 7.93. The summed E-state index contributed by atoms with van der Waals surface area (Å²) in [7, 11) is -4.07. The van der Waals surface area contributed by atoms with Gasteiger partial charge < -0.3 is 4.74 Å². The third kappa shape index (κ3) is 3.17. The maximum Gasteiger partial charge on any atom is 0.289 e. The molecule has 0 spiro atoms. The summed E-state index contributed by atoms with van der Waals surface area (Å²) in [5, 5.41) is 11.2. The Bertz CT molecular complexity index is 819. The minimum atomic E-state index is -4.07. The highest BCUT2D eigenvalue weighted by Gasteiger charge is 2.36. The Balaban J connectivity index is 2.09. The number of hydrogen-bond acceptors (Lipinski definition) is 5. The molecule has 3 rings (SSSR count). The Kier molecular flexibility index (Phi) is 4.01. The second kappa shape index (κ2) is 5.98. The molecule has 1 heterocycles. The van der Waals surface area contributed by atoms with E-state index >= 15 is 0 Å². The van der Waals surface area contributed by atoms with E-state index in [9.17, 15) is 18.5 Å². The van der Waals surface area contributed by atoms with Crippen LogP contribution >= 0.6 is 0 Å². The molecule has 8 heteroatoms. The number of nitro groups is 1. The molecule has 0 unspecified atom stereocenters. The SMILES string of the molecule is O=[N+]([O-])c1ccccc1S(=O)(=O)N(C[C@@H]1CO1)c1ccccc1. The Morgan fingerprint density at radius 3 is 2.35 bits per heavy atom. The van der Waals surface area contributed by atoms with Gasteiger partial charge in [0.2, 0.25) is 0 Å². The van der Waals surface area contributed by atoms with Crippen LogP contribution in [0, 0.1) is 10.1 Å². The predicted molar refractivity (Wildman–Crippen MR) is 83.8 cm³/mol. The Hall–Kier alpha value is -2.45. The molecule has 1 fully saturated rings. The monoisotopic (exact) mass is 334 g/mol. The van der Waals surface area contributed by atoms with Crippen LogP contribution in [-0.4, -0.2) is 32.6 Å². The van der Waals surface area contributed by atoms with Gasteiger partial charge >= 0.3 is 0 Å². The van der Waals surface area contributed by atoms with Crippen LogP contribution in [-0.2, 0) is 14.8 Å². The van der Waals surface area contributed by atoms with Crippen molar-refractivity contribution in [2.75, 3.05) is 17.5 Å². The van der Waals surface area contributed by atoms with Gasteiger partial charge in [0.05, 0.1) is 29.9 Å². The second-order valence-corrected chi connectivity index (χ2v) is 6.88. The standard InChI is InChI=1S/C15H14N2O5S/c18-17(19)14-8-4-5-9-15(14)23(20,21)16(10-13-11-22-13)12-6-2-1-3-7-12/h1-9,13H,10-11H2/t13-/m1/s1. The number of para-hydroxylation sites is 2. The fourth-order valence-corrected chi connectivity index (χ4v) is 3.90. The third-order valence-electron chi connectivity index (χ3n) is 3.45. The highest BCUT2D eigenvalue weighted by Crippen LogP contribution is 2.31. The second-order valence-electron chi connectivity index (χ2n) is 5.05. The summed E-state index contributed by atoms with van der Waals surface area (Å²) in [6.45, 7) is 0.605. The first-order valence-electron chi connectivity index (χ1n) is 6.93. The fourth-order valence-electron chi connectivity index (χ4n) is 2.24. The highest BCUT2D eigenvalue weighted by atomic mass is 32.2. The van der Waals surface area contributed by atoms with Crippen LogP contribution in [0.3, 0.4) is 0 Å². The summed E-state index contributed by atoms with van der Waals surface area (Å²) in [5.74, 6) is 0. The molecule has 1 aliphatic rings. The zero-order valence-electron chi connectivity index (χ0n) is 12.0. The summed E-state index contributed by atoms with van der Waals surface area (Å²) >= 11 is 0. The maximum atomic E-state index is 13.0. The normalized spacial score (nSPS) is 16.8. The molecular formula is C15H14N2O5S. The van der Waals surface area contributed by atoms with E-state index in [2.05, 4.69) is 0 Å². The lowest BCUT2D eigenvalue weighted by Crippen LogP contribution is -2.34. The largest absolute Gasteiger partial charge is 0.371 e. The number of anilines is 1. The van der Waals surface area contributed by atoms with E-state index in [1.807, 2.05) is 0 Å². The van der Waals surface area contributed by atoms with Crippen molar-refractivity contribution in [1.82, 2.24) is 0 Å². The molecule has 120 valence electrons. The molecule has 1 aliphatic heterocycles. The van der Waals surface area contributed by atoms with E-state index in [1.165, 1.54) is 24.3 Å². The predicted octanol–water partition coefficient (Wildman–Crippen LogP) is 2.19. The van der Waals surface area contributed by atoms with Crippen molar-refractivity contribution in [1.29, 1.82) is 0 Å². The summed E-state index contributed by atoms with van der Waals surface area (Å²) in [6.07, 6.45) is -0.187. The molecule has 0 radical (unpaired) electrons. The van der Waals surface area contributed by atoms with Gasteiger partial charge in [-0.15, -0.1) is 0 Å². The molecule has 0 saturated carbocycles. The van der Waals surface area contributed by atoms with Crippen LogP contribution in [0.5, 0.6) is 0 Å². The first-order valence-corrected chi connectivity index (χ1v) is 8.37. The summed E-state index contributed by atoms with van der Waals surface area (Å²) in [6, 6.07) is 13.8. The molecule has 1 saturated heterocycles. The van der Waals surface area contributed by atoms with Crippen molar-refractivity contribution in [2.24, 2.45) is 0 Å². The summed E-state index contributed by atoms with van der Waals surface area (Å²) < 4.78 is 32.3. The number of ether oxygens (including phenoxy) is 1. The average molecular weight is 334 g/mol. The van der Waals surface area contributed by atoms with E-state index in [0.29, 0.717) is 12.3 Å². The Labute approximate surface area is 133 Å². The summed E-state index contributed by atoms with van der Waals surface area (Å²) in [4.78, 5) is 10.1. The quantitative estimate of drug-likeness (QED) is 0.458. The molecule has 2 aromatic carbocycles. The number of benzene rings is 2. The van der Waals surface area contributed by atoms with Gasteiger partial charge in [0.25, 0.3) is 15.7 Å². The van der Waals surface area contributed by atoms with E-state index < -0.39 is 20.6 Å². The molecular weight excluding hydrogens is 320 g/mol. The lowest BCUT2D eigenvalue weighted by molar-refractivity contribution is -0.387. The lowest BCUT2D eigenvalue weighted by atomic mass is 10.3. The van der Waals surface area contributed by atoms with E-state index in [-0.39, 0.29) is 17.5 Å². The first-order chi connectivity index (χ1) is 11.0. The molecule has 0 N–H and O–H groups in total. The minimum Gasteiger partial charge on any atom is -0.371 e. The van der Waals surface area contributed by atoms with Crippen LogP contribution < -0.4 is 4.31 Å². The molecule has 0 aliphatic carbocycles. The van der Waals surface area contributed by atoms with E-state index in [1.54, 1.807) is 30.3 Å². The van der Waals surface area contributed by atoms with Crippen molar-refractivity contribution in [3.05, 3.63) is 64.7 Å². The zero-order chi connectivity index (χ0) is 16.4. The number of hydrogen-bond donors (Lipinski definition) is 0. The average Bonchev–Trinajstić information content (AvgIpc) is 3.37. The van der Waals surface area contributed by atoms with Crippen LogP contribution in [0.1, 0.15) is 0 Å². The maximum absolute atomic E-state index is 13.0. The third-order valence-corrected chi connectivity index (χ3v) is 5.29. The van der Waals surface area contributed by atoms with Crippen LogP contribution in [0.2, 0.25) is 0 Å². The first kappa shape index (κ1) is 15.4. The summed E-state index contributed by atoms with van der Waals surface area (Å²) in [5.41, 5.74) is 0.00583. The Morgan fingerprint density at radius 1 is 1.13 bits per heavy atom. The van der Waals surface area contributed by atoms with Gasteiger partial charge in [-0.1, -0.05) is 30.3 Å². The number of nitrogens with zero attached hydrogens (tertiary/aromatic N) is 2. The molecule has 0 bridgehead atoms. The number of nitro benzene ring substituents is 1. The molecule has 0 aromatic heterocycles. The fraction of sp³-hybridized carbons (Fsp3) is 0.200. The minimum absolute atomic E-state index is 0.123. The van der Waals surface area contributed by atoms with Crippen molar-refractivity contribution in [3.8, 4) is 0 Å². The van der Waals surface area contributed by atoms with E-state index in [4.69, 9.17) is 4.74 Å². The van der Waals surface area contributed by atoms with Gasteiger partial charge in [-0.05, 0) is 18.2 Å². The lowest BCUT2D eigenvalue weighted by Gasteiger charge is -2.23. The molecule has 7 nitrogen and oxygen atoms in total. The van der Waals surface area contributed by atoms with Crippen molar-refractivity contribution in [2.45, 2.75) is 11.0 Å². The number of rotatable bonds is 6. The van der Waals surface area contributed by atoms with Gasteiger partial charge in [0, 0.05) is 6.07 Å². The zero-order valence-corrected chi connectivity index (χ0v) is 12.8. The van der Waals surface area contributed by atoms with Crippen molar-refractivity contribution in [3.63, 3.8) is 0 Å². The topological polar surface area (TPSA) is 93.0 Å². The van der Waals surface area contributed by atoms with Crippen LogP contribution in [0.15, 0.2) is 59.5 Å². The van der Waals surface area contributed by atoms with Gasteiger partial charge in [0.15, 0.2) is 4.90 Å². The van der Waals surface area contributed by atoms with Crippen molar-refractivity contribution >= 4 is 21.4 Å². The van der Waals surface area contributed by atoms with Gasteiger partial charge in [-0.2, -0.15) is 0 Å². The molecule has 2 aromatic rings. The Morgan fingerprint density at radius 2 is 1.74 bits per heavy atom. The van der Waals surface area contributed by atoms with Crippen molar-refractivity contribution < 1.29 is 18.1 Å². The number of sulfonamides is 1. The van der Waals surface area contributed by atoms with Gasteiger partial charge in [-0.3, -0.25) is 14.4 Å². The molecule has 1 atom stereocenters. The smallest absolute Gasteiger partial charge is 0.289 e. The van der Waals surface area contributed by atoms with E-state index in [0.717, 1.165) is 4.31 Å².